The summed E-state index contributed by atoms with van der Waals surface area (Å²) in [6.45, 7) is 0.493. The van der Waals surface area contributed by atoms with E-state index in [9.17, 15) is 13.6 Å². The van der Waals surface area contributed by atoms with Gasteiger partial charge in [-0.15, -0.1) is 0 Å². The Kier molecular flexibility index (Phi) is 4.93. The quantitative estimate of drug-likeness (QED) is 0.481. The number of halogens is 2. The van der Waals surface area contributed by atoms with Gasteiger partial charge in [0.2, 0.25) is 0 Å². The van der Waals surface area contributed by atoms with Gasteiger partial charge in [-0.2, -0.15) is 10.2 Å². The van der Waals surface area contributed by atoms with Gasteiger partial charge in [-0.3, -0.25) is 4.79 Å². The molecule has 9 heteroatoms. The summed E-state index contributed by atoms with van der Waals surface area (Å²) in [5.41, 5.74) is 1.55. The lowest BCUT2D eigenvalue weighted by Gasteiger charge is -2.36. The molecule has 4 aromatic rings. The average Bonchev–Trinajstić information content (AvgIpc) is 3.27. The number of nitrogens with zero attached hydrogens (tertiary/aromatic N) is 5. The third kappa shape index (κ3) is 3.41. The van der Waals surface area contributed by atoms with Crippen LogP contribution in [0.15, 0.2) is 71.8 Å². The summed E-state index contributed by atoms with van der Waals surface area (Å²) in [6, 6.07) is 15.5. The number of hydrogen-bond donors (Lipinski definition) is 0. The van der Waals surface area contributed by atoms with Gasteiger partial charge in [0.05, 0.1) is 44.0 Å². The molecule has 1 saturated heterocycles. The number of alkyl halides is 1. The van der Waals surface area contributed by atoms with Crippen LogP contribution >= 0.6 is 0 Å². The highest BCUT2D eigenvalue weighted by molar-refractivity contribution is 5.60. The van der Waals surface area contributed by atoms with Gasteiger partial charge in [0, 0.05) is 5.69 Å². The van der Waals surface area contributed by atoms with Crippen LogP contribution in [-0.4, -0.2) is 45.9 Å². The highest BCUT2D eigenvalue weighted by Gasteiger charge is 2.27. The summed E-state index contributed by atoms with van der Waals surface area (Å²) in [5, 5.41) is 8.72. The number of benzene rings is 2. The molecule has 0 atom stereocenters. The highest BCUT2D eigenvalue weighted by Crippen LogP contribution is 2.27. The number of ether oxygens (including phenoxy) is 1. The van der Waals surface area contributed by atoms with E-state index in [1.807, 2.05) is 30.3 Å². The minimum atomic E-state index is -0.889. The third-order valence-electron chi connectivity index (χ3n) is 5.37. The fourth-order valence-corrected chi connectivity index (χ4v) is 3.68. The van der Waals surface area contributed by atoms with E-state index in [2.05, 4.69) is 10.2 Å². The molecule has 32 heavy (non-hydrogen) atoms. The van der Waals surface area contributed by atoms with Crippen LogP contribution in [0.25, 0.3) is 22.8 Å². The van der Waals surface area contributed by atoms with E-state index in [-0.39, 0.29) is 30.2 Å². The number of anilines is 1. The van der Waals surface area contributed by atoms with Crippen molar-refractivity contribution in [3.05, 3.63) is 83.0 Å². The van der Waals surface area contributed by atoms with Gasteiger partial charge in [-0.05, 0) is 36.4 Å². The smallest absolute Gasteiger partial charge is 0.251 e. The molecule has 0 spiro atoms. The normalized spacial score (nSPS) is 13.8. The van der Waals surface area contributed by atoms with E-state index in [0.717, 1.165) is 5.69 Å². The summed E-state index contributed by atoms with van der Waals surface area (Å²) < 4.78 is 36.3. The van der Waals surface area contributed by atoms with Gasteiger partial charge in [0.25, 0.3) is 5.43 Å². The van der Waals surface area contributed by atoms with Crippen LogP contribution in [0.1, 0.15) is 0 Å². The molecular formula is C23H19F2N5O2. The van der Waals surface area contributed by atoms with E-state index in [4.69, 9.17) is 4.74 Å². The van der Waals surface area contributed by atoms with Crippen LogP contribution in [0.5, 0.6) is 5.75 Å². The molecule has 0 N–H and O–H groups in total. The highest BCUT2D eigenvalue weighted by atomic mass is 19.1. The molecule has 0 radical (unpaired) electrons. The van der Waals surface area contributed by atoms with E-state index < -0.39 is 17.4 Å². The van der Waals surface area contributed by atoms with Gasteiger partial charge in [0.1, 0.15) is 11.9 Å². The van der Waals surface area contributed by atoms with Crippen LogP contribution in [0.4, 0.5) is 14.5 Å². The molecule has 0 saturated carbocycles. The molecule has 3 heterocycles. The van der Waals surface area contributed by atoms with Crippen molar-refractivity contribution < 1.29 is 13.5 Å². The van der Waals surface area contributed by atoms with Gasteiger partial charge >= 0.3 is 0 Å². The molecule has 2 aromatic carbocycles. The molecule has 7 nitrogen and oxygen atoms in total. The zero-order valence-electron chi connectivity index (χ0n) is 17.2. The Hall–Kier alpha value is -4.01. The van der Waals surface area contributed by atoms with Crippen LogP contribution in [0.2, 0.25) is 0 Å². The molecule has 1 aliphatic heterocycles. The maximum Gasteiger partial charge on any atom is 0.251 e. The van der Waals surface area contributed by atoms with Crippen molar-refractivity contribution in [3.63, 3.8) is 0 Å². The molecule has 1 fully saturated rings. The lowest BCUT2D eigenvalue weighted by Crippen LogP contribution is -2.48. The minimum Gasteiger partial charge on any atom is -0.491 e. The molecular weight excluding hydrogens is 416 g/mol. The third-order valence-corrected chi connectivity index (χ3v) is 5.37. The van der Waals surface area contributed by atoms with Gasteiger partial charge in [-0.25, -0.2) is 18.1 Å². The van der Waals surface area contributed by atoms with E-state index in [1.165, 1.54) is 24.1 Å². The Balaban J connectivity index is 1.61. The molecule has 2 aromatic heterocycles. The lowest BCUT2D eigenvalue weighted by molar-refractivity contribution is 0.274. The first-order valence-corrected chi connectivity index (χ1v) is 10.0. The molecule has 0 amide bonds. The Labute approximate surface area is 182 Å². The predicted molar refractivity (Wildman–Crippen MR) is 116 cm³/mol. The first kappa shape index (κ1) is 19.9. The number of para-hydroxylation sites is 1. The first-order chi connectivity index (χ1) is 15.5. The van der Waals surface area contributed by atoms with Gasteiger partial charge in [-0.1, -0.05) is 18.2 Å². The zero-order valence-corrected chi connectivity index (χ0v) is 17.2. The predicted octanol–water partition coefficient (Wildman–Crippen LogP) is 3.39. The number of rotatable bonds is 5. The van der Waals surface area contributed by atoms with Crippen molar-refractivity contribution in [2.75, 3.05) is 25.1 Å². The number of hydrogen-bond acceptors (Lipinski definition) is 5. The SMILES string of the molecule is COc1cn(-c2ccc(N3CC(F)C3)cc2F)nc(-c2ccnn2-c2ccccc2)c1=O. The molecule has 0 unspecified atom stereocenters. The molecule has 0 bridgehead atoms. The first-order valence-electron chi connectivity index (χ1n) is 10.0. The number of aromatic nitrogens is 4. The summed E-state index contributed by atoms with van der Waals surface area (Å²) >= 11 is 0. The molecule has 0 aliphatic carbocycles. The summed E-state index contributed by atoms with van der Waals surface area (Å²) in [5.74, 6) is -0.534. The van der Waals surface area contributed by atoms with Crippen LogP contribution in [0.3, 0.4) is 0 Å². The van der Waals surface area contributed by atoms with Crippen LogP contribution in [-0.2, 0) is 0 Å². The summed E-state index contributed by atoms with van der Waals surface area (Å²) in [4.78, 5) is 14.7. The largest absolute Gasteiger partial charge is 0.491 e. The summed E-state index contributed by atoms with van der Waals surface area (Å²) in [6.07, 6.45) is 2.02. The van der Waals surface area contributed by atoms with Crippen molar-refractivity contribution in [2.45, 2.75) is 6.17 Å². The number of methoxy groups -OCH3 is 1. The Morgan fingerprint density at radius 2 is 1.84 bits per heavy atom. The van der Waals surface area contributed by atoms with Gasteiger partial charge < -0.3 is 9.64 Å². The fraction of sp³-hybridized carbons (Fsp3) is 0.174. The van der Waals surface area contributed by atoms with Crippen molar-refractivity contribution in [2.24, 2.45) is 0 Å². The lowest BCUT2D eigenvalue weighted by atomic mass is 10.1. The zero-order chi connectivity index (χ0) is 22.2. The van der Waals surface area contributed by atoms with Crippen molar-refractivity contribution in [3.8, 4) is 28.5 Å². The standard InChI is InChI=1S/C23H19F2N5O2/c1-32-21-14-29(19-8-7-17(11-18(19)25)28-12-15(24)13-28)27-22(23(21)31)20-9-10-26-30(20)16-5-3-2-4-6-16/h2-11,14-15H,12-13H2,1H3. The fourth-order valence-electron chi connectivity index (χ4n) is 3.68. The molecule has 5 rings (SSSR count). The maximum atomic E-state index is 15.0. The average molecular weight is 435 g/mol. The van der Waals surface area contributed by atoms with Gasteiger partial charge in [0.15, 0.2) is 17.3 Å². The summed E-state index contributed by atoms with van der Waals surface area (Å²) in [7, 11) is 1.37. The van der Waals surface area contributed by atoms with Crippen molar-refractivity contribution in [1.29, 1.82) is 0 Å². The molecule has 162 valence electrons. The second-order valence-electron chi connectivity index (χ2n) is 7.42. The second kappa shape index (κ2) is 7.92. The van der Waals surface area contributed by atoms with E-state index in [1.54, 1.807) is 34.0 Å². The monoisotopic (exact) mass is 435 g/mol. The Morgan fingerprint density at radius 3 is 2.53 bits per heavy atom. The Morgan fingerprint density at radius 1 is 1.06 bits per heavy atom. The van der Waals surface area contributed by atoms with Crippen LogP contribution in [0, 0.1) is 5.82 Å². The van der Waals surface area contributed by atoms with E-state index in [0.29, 0.717) is 11.4 Å². The topological polar surface area (TPSA) is 65.2 Å². The molecule has 1 aliphatic rings. The maximum absolute atomic E-state index is 15.0. The second-order valence-corrected chi connectivity index (χ2v) is 7.42. The van der Waals surface area contributed by atoms with Crippen molar-refractivity contribution >= 4 is 5.69 Å². The Bertz CT molecular complexity index is 1330. The van der Waals surface area contributed by atoms with Crippen LogP contribution < -0.4 is 15.1 Å². The minimum absolute atomic E-state index is 0.0160. The van der Waals surface area contributed by atoms with Crippen molar-refractivity contribution in [1.82, 2.24) is 19.6 Å². The van der Waals surface area contributed by atoms with E-state index >= 15 is 0 Å².